The predicted octanol–water partition coefficient (Wildman–Crippen LogP) is 4.36. The maximum Gasteiger partial charge on any atom is 0.330 e. The summed E-state index contributed by atoms with van der Waals surface area (Å²) >= 11 is 12.0. The second kappa shape index (κ2) is 8.65. The minimum atomic E-state index is -3.15. The number of fused-ring (bicyclic) bond motifs is 1. The van der Waals surface area contributed by atoms with Crippen LogP contribution in [0.3, 0.4) is 0 Å². The van der Waals surface area contributed by atoms with Crippen molar-refractivity contribution in [1.82, 2.24) is 9.55 Å². The van der Waals surface area contributed by atoms with Crippen molar-refractivity contribution in [3.8, 4) is 0 Å². The molecule has 1 N–H and O–H groups in total. The van der Waals surface area contributed by atoms with Gasteiger partial charge in [-0.05, 0) is 32.4 Å². The third kappa shape index (κ3) is 4.94. The van der Waals surface area contributed by atoms with Crippen LogP contribution in [0.1, 0.15) is 20.3 Å². The normalized spacial score (nSPS) is 13.5. The molecular weight excluding hydrogens is 374 g/mol. The number of imidazole rings is 1. The molecule has 1 aromatic carbocycles. The zero-order valence-corrected chi connectivity index (χ0v) is 16.0. The zero-order valence-electron chi connectivity index (χ0n) is 13.6. The fourth-order valence-electron chi connectivity index (χ4n) is 2.38. The highest BCUT2D eigenvalue weighted by atomic mass is 35.5. The number of nitrogens with zero attached hydrogens (tertiary/aromatic N) is 2. The van der Waals surface area contributed by atoms with Gasteiger partial charge in [-0.25, -0.2) is 4.98 Å². The van der Waals surface area contributed by atoms with Crippen LogP contribution in [0.5, 0.6) is 0 Å². The van der Waals surface area contributed by atoms with E-state index >= 15 is 0 Å². The van der Waals surface area contributed by atoms with Crippen LogP contribution < -0.4 is 0 Å². The van der Waals surface area contributed by atoms with Gasteiger partial charge in [0.05, 0.1) is 59.4 Å². The molecule has 24 heavy (non-hydrogen) atoms. The predicted molar refractivity (Wildman–Crippen MR) is 96.1 cm³/mol. The number of hydrogen-bond donors (Lipinski definition) is 1. The maximum absolute atomic E-state index is 12.4. The van der Waals surface area contributed by atoms with E-state index in [-0.39, 0.29) is 12.6 Å². The van der Waals surface area contributed by atoms with Gasteiger partial charge in [0.15, 0.2) is 0 Å². The average Bonchev–Trinajstić information content (AvgIpc) is 2.88. The number of aliphatic hydroxyl groups is 1. The molecule has 0 aliphatic carbocycles. The summed E-state index contributed by atoms with van der Waals surface area (Å²) in [5.41, 5.74) is 1.48. The summed E-state index contributed by atoms with van der Waals surface area (Å²) in [5.74, 6) is 0. The smallest absolute Gasteiger partial charge is 0.330 e. The summed E-state index contributed by atoms with van der Waals surface area (Å²) in [4.78, 5) is 4.25. The molecule has 6 nitrogen and oxygen atoms in total. The van der Waals surface area contributed by atoms with Crippen LogP contribution in [0.4, 0.5) is 0 Å². The Labute approximate surface area is 151 Å². The summed E-state index contributed by atoms with van der Waals surface area (Å²) in [6.45, 7) is 4.42. The molecule has 2 rings (SSSR count). The second-order valence-corrected chi connectivity index (χ2v) is 8.26. The molecular formula is C15H21Cl2N2O4P. The molecule has 0 radical (unpaired) electrons. The van der Waals surface area contributed by atoms with Gasteiger partial charge < -0.3 is 18.7 Å². The van der Waals surface area contributed by atoms with E-state index in [0.29, 0.717) is 35.3 Å². The van der Waals surface area contributed by atoms with E-state index in [9.17, 15) is 9.67 Å². The van der Waals surface area contributed by atoms with E-state index < -0.39 is 13.7 Å². The van der Waals surface area contributed by atoms with E-state index in [4.69, 9.17) is 32.2 Å². The summed E-state index contributed by atoms with van der Waals surface area (Å²) in [6, 6.07) is 3.39. The van der Waals surface area contributed by atoms with Crippen molar-refractivity contribution in [2.45, 2.75) is 32.9 Å². The van der Waals surface area contributed by atoms with Gasteiger partial charge in [0.1, 0.15) is 0 Å². The molecule has 9 heteroatoms. The van der Waals surface area contributed by atoms with Crippen LogP contribution in [0.25, 0.3) is 11.0 Å². The molecule has 1 atom stereocenters. The number of aliphatic hydroxyl groups excluding tert-OH is 1. The fourth-order valence-corrected chi connectivity index (χ4v) is 4.43. The number of hydrogen-bond acceptors (Lipinski definition) is 5. The Morgan fingerprint density at radius 3 is 2.50 bits per heavy atom. The first kappa shape index (κ1) is 19.7. The third-order valence-corrected chi connectivity index (χ3v) is 6.29. The number of rotatable bonds is 9. The lowest BCUT2D eigenvalue weighted by Gasteiger charge is -2.19. The molecule has 134 valence electrons. The van der Waals surface area contributed by atoms with Crippen LogP contribution >= 0.6 is 30.8 Å². The Kier molecular flexibility index (Phi) is 7.10. The molecule has 0 fully saturated rings. The van der Waals surface area contributed by atoms with E-state index in [1.54, 1.807) is 36.9 Å². The zero-order chi connectivity index (χ0) is 17.7. The van der Waals surface area contributed by atoms with Gasteiger partial charge in [0.25, 0.3) is 0 Å². The van der Waals surface area contributed by atoms with Crippen molar-refractivity contribution in [3.63, 3.8) is 0 Å². The summed E-state index contributed by atoms with van der Waals surface area (Å²) < 4.78 is 24.6. The lowest BCUT2D eigenvalue weighted by atomic mass is 10.2. The highest BCUT2D eigenvalue weighted by Gasteiger charge is 2.24. The lowest BCUT2D eigenvalue weighted by molar-refractivity contribution is 0.146. The molecule has 1 heterocycles. The molecule has 0 unspecified atom stereocenters. The maximum atomic E-state index is 12.4. The fraction of sp³-hybridized carbons (Fsp3) is 0.533. The van der Waals surface area contributed by atoms with Crippen molar-refractivity contribution in [2.24, 2.45) is 0 Å². The van der Waals surface area contributed by atoms with Crippen molar-refractivity contribution in [1.29, 1.82) is 0 Å². The Hall–Kier alpha value is -0.620. The average molecular weight is 395 g/mol. The van der Waals surface area contributed by atoms with E-state index in [2.05, 4.69) is 4.98 Å². The summed E-state index contributed by atoms with van der Waals surface area (Å²) in [7, 11) is -3.15. The molecule has 1 aromatic heterocycles. The van der Waals surface area contributed by atoms with Crippen molar-refractivity contribution in [3.05, 3.63) is 28.5 Å². The van der Waals surface area contributed by atoms with Crippen LogP contribution in [-0.4, -0.2) is 40.1 Å². The van der Waals surface area contributed by atoms with E-state index in [0.717, 1.165) is 5.52 Å². The van der Waals surface area contributed by atoms with Gasteiger partial charge in [-0.15, -0.1) is 0 Å². The Bertz CT molecular complexity index is 728. The standard InChI is InChI=1S/C15H21Cl2N2O4P/c1-3-22-24(21,23-4-2)6-5-11(20)9-19-10-18-14-7-12(16)13(17)8-15(14)19/h7-8,10-11,20H,3-6,9H2,1-2H3/t11-/m1/s1. The summed E-state index contributed by atoms with van der Waals surface area (Å²) in [6.07, 6.45) is 1.35. The van der Waals surface area contributed by atoms with Gasteiger partial charge in [-0.1, -0.05) is 23.2 Å². The van der Waals surface area contributed by atoms with Gasteiger partial charge in [-0.3, -0.25) is 4.57 Å². The molecule has 0 amide bonds. The first-order chi connectivity index (χ1) is 11.4. The molecule has 0 saturated heterocycles. The number of aromatic nitrogens is 2. The second-order valence-electron chi connectivity index (χ2n) is 5.26. The van der Waals surface area contributed by atoms with Crippen LogP contribution in [0.15, 0.2) is 18.5 Å². The number of benzene rings is 1. The van der Waals surface area contributed by atoms with Gasteiger partial charge in [0.2, 0.25) is 0 Å². The summed E-state index contributed by atoms with van der Waals surface area (Å²) in [5, 5.41) is 11.1. The monoisotopic (exact) mass is 394 g/mol. The van der Waals surface area contributed by atoms with Crippen LogP contribution in [-0.2, 0) is 20.2 Å². The minimum absolute atomic E-state index is 0.162. The van der Waals surface area contributed by atoms with Crippen molar-refractivity contribution >= 4 is 41.8 Å². The highest BCUT2D eigenvalue weighted by molar-refractivity contribution is 7.53. The Morgan fingerprint density at radius 2 is 1.88 bits per heavy atom. The van der Waals surface area contributed by atoms with Crippen LogP contribution in [0, 0.1) is 0 Å². The largest absolute Gasteiger partial charge is 0.391 e. The van der Waals surface area contributed by atoms with Gasteiger partial charge in [0, 0.05) is 0 Å². The molecule has 0 bridgehead atoms. The molecule has 2 aromatic rings. The van der Waals surface area contributed by atoms with E-state index in [1.165, 1.54) is 0 Å². The first-order valence-corrected chi connectivity index (χ1v) is 10.2. The van der Waals surface area contributed by atoms with Gasteiger partial charge >= 0.3 is 7.60 Å². The van der Waals surface area contributed by atoms with Crippen molar-refractivity contribution in [2.75, 3.05) is 19.4 Å². The Balaban J connectivity index is 2.03. The van der Waals surface area contributed by atoms with Gasteiger partial charge in [-0.2, -0.15) is 0 Å². The first-order valence-electron chi connectivity index (χ1n) is 7.74. The Morgan fingerprint density at radius 1 is 1.25 bits per heavy atom. The molecule has 0 spiro atoms. The third-order valence-electron chi connectivity index (χ3n) is 3.46. The highest BCUT2D eigenvalue weighted by Crippen LogP contribution is 2.48. The molecule has 0 aliphatic rings. The van der Waals surface area contributed by atoms with Crippen LogP contribution in [0.2, 0.25) is 10.0 Å². The SMILES string of the molecule is CCOP(=O)(CC[C@@H](O)Cn1cnc2cc(Cl)c(Cl)cc21)OCC. The minimum Gasteiger partial charge on any atom is -0.391 e. The lowest BCUT2D eigenvalue weighted by Crippen LogP contribution is -2.17. The topological polar surface area (TPSA) is 73.6 Å². The quantitative estimate of drug-likeness (QED) is 0.639. The van der Waals surface area contributed by atoms with E-state index in [1.807, 2.05) is 0 Å². The molecule has 0 saturated carbocycles. The van der Waals surface area contributed by atoms with Crippen molar-refractivity contribution < 1.29 is 18.7 Å². The number of halogens is 2. The molecule has 0 aliphatic heterocycles.